The summed E-state index contributed by atoms with van der Waals surface area (Å²) in [6.45, 7) is 2.81. The number of imidazole rings is 1. The third-order valence-electron chi connectivity index (χ3n) is 5.17. The van der Waals surface area contributed by atoms with Crippen molar-refractivity contribution in [3.05, 3.63) is 18.2 Å². The summed E-state index contributed by atoms with van der Waals surface area (Å²) in [6.07, 6.45) is 5.71. The molecule has 3 amide bonds. The minimum absolute atomic E-state index is 0.149. The number of thioether (sulfide) groups is 1. The van der Waals surface area contributed by atoms with Crippen LogP contribution in [0.15, 0.2) is 12.5 Å². The molecule has 1 heterocycles. The number of aliphatic hydroxyl groups is 1. The van der Waals surface area contributed by atoms with Gasteiger partial charge in [-0.25, -0.2) is 9.78 Å². The number of aliphatic carboxylic acids is 1. The Balaban J connectivity index is 2.81. The number of nitrogens with zero attached hydrogens (tertiary/aromatic N) is 1. The lowest BCUT2D eigenvalue weighted by atomic mass is 9.98. The average molecular weight is 487 g/mol. The average Bonchev–Trinajstić information content (AvgIpc) is 3.30. The van der Waals surface area contributed by atoms with Crippen LogP contribution < -0.4 is 21.7 Å². The van der Waals surface area contributed by atoms with E-state index in [2.05, 4.69) is 25.9 Å². The minimum atomic E-state index is -1.33. The quantitative estimate of drug-likeness (QED) is 0.156. The van der Waals surface area contributed by atoms with Crippen molar-refractivity contribution in [2.75, 3.05) is 18.6 Å². The zero-order valence-electron chi connectivity index (χ0n) is 19.0. The Morgan fingerprint density at radius 2 is 1.79 bits per heavy atom. The van der Waals surface area contributed by atoms with E-state index in [1.807, 2.05) is 13.2 Å². The maximum Gasteiger partial charge on any atom is 0.326 e. The standard InChI is InChI=1S/C20H34N6O6S/c1-4-11(2)16(20(31)32)26-18(29)14(5-6-33-3)24-19(30)15(9-27)25-17(28)13(21)7-12-8-22-10-23-12/h8,10-11,13-16,27H,4-7,9,21H2,1-3H3,(H,22,23)(H,24,30)(H,25,28)(H,26,29)(H,31,32). The van der Waals surface area contributed by atoms with Gasteiger partial charge in [0.25, 0.3) is 0 Å². The van der Waals surface area contributed by atoms with Gasteiger partial charge in [-0.3, -0.25) is 14.4 Å². The first-order valence-corrected chi connectivity index (χ1v) is 12.0. The zero-order chi connectivity index (χ0) is 25.0. The Morgan fingerprint density at radius 3 is 2.30 bits per heavy atom. The monoisotopic (exact) mass is 486 g/mol. The molecule has 5 unspecified atom stereocenters. The van der Waals surface area contributed by atoms with Crippen molar-refractivity contribution in [1.82, 2.24) is 25.9 Å². The number of aliphatic hydroxyl groups excluding tert-OH is 1. The zero-order valence-corrected chi connectivity index (χ0v) is 19.9. The van der Waals surface area contributed by atoms with Gasteiger partial charge in [0.2, 0.25) is 17.7 Å². The number of amides is 3. The van der Waals surface area contributed by atoms with Crippen LogP contribution in [0.2, 0.25) is 0 Å². The molecule has 0 spiro atoms. The highest BCUT2D eigenvalue weighted by molar-refractivity contribution is 7.98. The Hall–Kier alpha value is -2.64. The lowest BCUT2D eigenvalue weighted by Gasteiger charge is -2.26. The first kappa shape index (κ1) is 28.4. The number of carbonyl (C=O) groups is 4. The molecule has 1 rings (SSSR count). The van der Waals surface area contributed by atoms with Crippen molar-refractivity contribution < 1.29 is 29.4 Å². The number of H-pyrrole nitrogens is 1. The molecule has 186 valence electrons. The van der Waals surface area contributed by atoms with Crippen molar-refractivity contribution in [3.8, 4) is 0 Å². The second kappa shape index (κ2) is 14.5. The van der Waals surface area contributed by atoms with Crippen molar-refractivity contribution in [2.24, 2.45) is 11.7 Å². The van der Waals surface area contributed by atoms with Gasteiger partial charge >= 0.3 is 5.97 Å². The number of aromatic amines is 1. The topological polar surface area (TPSA) is 200 Å². The number of hydrogen-bond acceptors (Lipinski definition) is 8. The Kier molecular flexibility index (Phi) is 12.5. The van der Waals surface area contributed by atoms with Gasteiger partial charge in [-0.15, -0.1) is 0 Å². The van der Waals surface area contributed by atoms with E-state index in [1.165, 1.54) is 24.3 Å². The number of carbonyl (C=O) groups excluding carboxylic acids is 3. The molecular formula is C20H34N6O6S. The number of aromatic nitrogens is 2. The fourth-order valence-electron chi connectivity index (χ4n) is 2.91. The highest BCUT2D eigenvalue weighted by atomic mass is 32.2. The predicted molar refractivity (Wildman–Crippen MR) is 123 cm³/mol. The lowest BCUT2D eigenvalue weighted by Crippen LogP contribution is -2.58. The van der Waals surface area contributed by atoms with Crippen molar-refractivity contribution in [1.29, 1.82) is 0 Å². The number of hydrogen-bond donors (Lipinski definition) is 7. The summed E-state index contributed by atoms with van der Waals surface area (Å²) in [5.41, 5.74) is 6.49. The summed E-state index contributed by atoms with van der Waals surface area (Å²) >= 11 is 1.45. The van der Waals surface area contributed by atoms with Gasteiger partial charge < -0.3 is 36.9 Å². The Labute approximate surface area is 196 Å². The van der Waals surface area contributed by atoms with Gasteiger partial charge in [0.1, 0.15) is 18.1 Å². The van der Waals surface area contributed by atoms with Gasteiger partial charge in [0.15, 0.2) is 0 Å². The fraction of sp³-hybridized carbons (Fsp3) is 0.650. The number of nitrogens with one attached hydrogen (secondary N) is 4. The molecule has 0 fully saturated rings. The van der Waals surface area contributed by atoms with Crippen LogP contribution in [0.25, 0.3) is 0 Å². The molecule has 12 nitrogen and oxygen atoms in total. The van der Waals surface area contributed by atoms with Crippen LogP contribution in [-0.2, 0) is 25.6 Å². The van der Waals surface area contributed by atoms with E-state index in [1.54, 1.807) is 6.92 Å². The highest BCUT2D eigenvalue weighted by Crippen LogP contribution is 2.10. The van der Waals surface area contributed by atoms with Crippen molar-refractivity contribution in [2.45, 2.75) is 57.3 Å². The van der Waals surface area contributed by atoms with Crippen LogP contribution in [-0.4, -0.2) is 86.7 Å². The largest absolute Gasteiger partial charge is 0.480 e. The maximum absolute atomic E-state index is 12.8. The van der Waals surface area contributed by atoms with Crippen molar-refractivity contribution in [3.63, 3.8) is 0 Å². The van der Waals surface area contributed by atoms with E-state index >= 15 is 0 Å². The Bertz CT molecular complexity index is 777. The van der Waals surface area contributed by atoms with E-state index < -0.39 is 54.5 Å². The first-order valence-electron chi connectivity index (χ1n) is 10.6. The molecule has 0 bridgehead atoms. The molecular weight excluding hydrogens is 452 g/mol. The molecule has 5 atom stereocenters. The SMILES string of the molecule is CCC(C)C(NC(=O)C(CCSC)NC(=O)C(CO)NC(=O)C(N)Cc1cnc[nH]1)C(=O)O. The van der Waals surface area contributed by atoms with Gasteiger partial charge in [0, 0.05) is 18.3 Å². The van der Waals surface area contributed by atoms with E-state index in [4.69, 9.17) is 5.73 Å². The molecule has 0 saturated heterocycles. The van der Waals surface area contributed by atoms with E-state index in [9.17, 15) is 29.4 Å². The van der Waals surface area contributed by atoms with Crippen LogP contribution in [0.3, 0.4) is 0 Å². The number of nitrogens with two attached hydrogens (primary N) is 1. The molecule has 0 aliphatic carbocycles. The summed E-state index contributed by atoms with van der Waals surface area (Å²) < 4.78 is 0. The second-order valence-corrected chi connectivity index (χ2v) is 8.67. The summed E-state index contributed by atoms with van der Waals surface area (Å²) in [5, 5.41) is 26.4. The van der Waals surface area contributed by atoms with Gasteiger partial charge in [-0.05, 0) is 24.3 Å². The minimum Gasteiger partial charge on any atom is -0.480 e. The molecule has 1 aromatic rings. The molecule has 33 heavy (non-hydrogen) atoms. The predicted octanol–water partition coefficient (Wildman–Crippen LogP) is -1.39. The van der Waals surface area contributed by atoms with Gasteiger partial charge in [0.05, 0.1) is 19.0 Å². The fourth-order valence-corrected chi connectivity index (χ4v) is 3.38. The third kappa shape index (κ3) is 9.40. The van der Waals surface area contributed by atoms with Gasteiger partial charge in [-0.2, -0.15) is 11.8 Å². The first-order chi connectivity index (χ1) is 15.6. The number of rotatable bonds is 15. The van der Waals surface area contributed by atoms with Crippen LogP contribution in [0.4, 0.5) is 0 Å². The van der Waals surface area contributed by atoms with Gasteiger partial charge in [-0.1, -0.05) is 20.3 Å². The smallest absolute Gasteiger partial charge is 0.326 e. The Morgan fingerprint density at radius 1 is 1.15 bits per heavy atom. The molecule has 0 radical (unpaired) electrons. The van der Waals surface area contributed by atoms with Crippen LogP contribution in [0.1, 0.15) is 32.4 Å². The summed E-state index contributed by atoms with van der Waals surface area (Å²) in [4.78, 5) is 56.0. The lowest BCUT2D eigenvalue weighted by molar-refractivity contribution is -0.143. The number of carboxylic acids is 1. The normalized spacial score (nSPS) is 15.5. The van der Waals surface area contributed by atoms with E-state index in [0.717, 1.165) is 0 Å². The molecule has 0 aromatic carbocycles. The molecule has 0 saturated carbocycles. The highest BCUT2D eigenvalue weighted by Gasteiger charge is 2.31. The second-order valence-electron chi connectivity index (χ2n) is 7.68. The third-order valence-corrected chi connectivity index (χ3v) is 5.81. The maximum atomic E-state index is 12.8. The summed E-state index contributed by atoms with van der Waals surface area (Å²) in [7, 11) is 0. The molecule has 1 aromatic heterocycles. The number of carboxylic acid groups (broad SMARTS) is 1. The van der Waals surface area contributed by atoms with E-state index in [0.29, 0.717) is 17.9 Å². The molecule has 0 aliphatic heterocycles. The van der Waals surface area contributed by atoms with Crippen LogP contribution >= 0.6 is 11.8 Å². The molecule has 0 aliphatic rings. The van der Waals surface area contributed by atoms with Crippen molar-refractivity contribution >= 4 is 35.5 Å². The summed E-state index contributed by atoms with van der Waals surface area (Å²) in [5.74, 6) is -3.06. The summed E-state index contributed by atoms with van der Waals surface area (Å²) in [6, 6.07) is -4.47. The van der Waals surface area contributed by atoms with E-state index in [-0.39, 0.29) is 18.8 Å². The van der Waals surface area contributed by atoms with Crippen LogP contribution in [0.5, 0.6) is 0 Å². The molecule has 13 heteroatoms. The molecule has 8 N–H and O–H groups in total. The van der Waals surface area contributed by atoms with Crippen LogP contribution in [0, 0.1) is 5.92 Å².